The molecule has 0 radical (unpaired) electrons. The number of rotatable bonds is 1. The summed E-state index contributed by atoms with van der Waals surface area (Å²) in [6.07, 6.45) is 0. The highest BCUT2D eigenvalue weighted by Crippen LogP contribution is 2.46. The van der Waals surface area contributed by atoms with Gasteiger partial charge in [-0.05, 0) is 28.5 Å². The molecule has 0 saturated heterocycles. The number of hydrogen-bond donors (Lipinski definition) is 1. The van der Waals surface area contributed by atoms with Gasteiger partial charge in [0.05, 0.1) is 4.58 Å². The summed E-state index contributed by atoms with van der Waals surface area (Å²) in [5.74, 6) is 0. The highest BCUT2D eigenvalue weighted by atomic mass is 32.2. The number of benzene rings is 1. The molecule has 1 aromatic carbocycles. The van der Waals surface area contributed by atoms with Crippen LogP contribution in [0.1, 0.15) is 10.1 Å². The van der Waals surface area contributed by atoms with E-state index in [1.165, 1.54) is 5.56 Å². The van der Waals surface area contributed by atoms with Gasteiger partial charge in [0.25, 0.3) is 0 Å². The first-order chi connectivity index (χ1) is 5.86. The molecule has 3 heteroatoms. The molecule has 0 fully saturated rings. The third-order valence-corrected chi connectivity index (χ3v) is 4.13. The van der Waals surface area contributed by atoms with Crippen LogP contribution in [0.4, 0.5) is 5.69 Å². The topological polar surface area (TPSA) is 26.0 Å². The van der Waals surface area contributed by atoms with Crippen LogP contribution in [-0.2, 0) is 0 Å². The molecule has 0 aliphatic carbocycles. The molecule has 1 nitrogen and oxygen atoms in total. The van der Waals surface area contributed by atoms with Crippen molar-refractivity contribution < 1.29 is 0 Å². The maximum Gasteiger partial charge on any atom is 0.0834 e. The number of anilines is 1. The van der Waals surface area contributed by atoms with Crippen LogP contribution in [0.2, 0.25) is 0 Å². The van der Waals surface area contributed by atoms with Crippen molar-refractivity contribution in [3.05, 3.63) is 40.6 Å². The first-order valence-electron chi connectivity index (χ1n) is 3.67. The van der Waals surface area contributed by atoms with Crippen LogP contribution in [0, 0.1) is 0 Å². The second-order valence-electron chi connectivity index (χ2n) is 2.54. The van der Waals surface area contributed by atoms with Crippen LogP contribution in [0.25, 0.3) is 0 Å². The van der Waals surface area contributed by atoms with Crippen molar-refractivity contribution in [2.75, 3.05) is 5.73 Å². The zero-order chi connectivity index (χ0) is 8.39. The molecule has 1 aliphatic heterocycles. The molecule has 0 unspecified atom stereocenters. The molecular weight excluding hydrogens is 186 g/mol. The Hall–Kier alpha value is -0.540. The Morgan fingerprint density at radius 1 is 1.00 bits per heavy atom. The SMILES string of the molecule is Nc1ccc(C2SC=CS2)cc1. The summed E-state index contributed by atoms with van der Waals surface area (Å²) < 4.78 is 0.533. The lowest BCUT2D eigenvalue weighted by atomic mass is 10.2. The summed E-state index contributed by atoms with van der Waals surface area (Å²) in [4.78, 5) is 0. The van der Waals surface area contributed by atoms with Crippen molar-refractivity contribution in [2.24, 2.45) is 0 Å². The van der Waals surface area contributed by atoms with Gasteiger partial charge >= 0.3 is 0 Å². The molecule has 0 aromatic heterocycles. The molecule has 0 amide bonds. The minimum atomic E-state index is 0.533. The molecule has 62 valence electrons. The largest absolute Gasteiger partial charge is 0.399 e. The van der Waals surface area contributed by atoms with Gasteiger partial charge in [0.1, 0.15) is 0 Å². The molecule has 12 heavy (non-hydrogen) atoms. The van der Waals surface area contributed by atoms with E-state index >= 15 is 0 Å². The molecular formula is C9H9NS2. The van der Waals surface area contributed by atoms with E-state index < -0.39 is 0 Å². The predicted molar refractivity (Wildman–Crippen MR) is 57.9 cm³/mol. The Morgan fingerprint density at radius 3 is 2.17 bits per heavy atom. The molecule has 0 saturated carbocycles. The van der Waals surface area contributed by atoms with Gasteiger partial charge in [-0.2, -0.15) is 0 Å². The van der Waals surface area contributed by atoms with Crippen LogP contribution in [-0.4, -0.2) is 0 Å². The highest BCUT2D eigenvalue weighted by molar-refractivity contribution is 8.21. The standard InChI is InChI=1S/C9H9NS2/c10-8-3-1-7(2-4-8)9-11-5-6-12-9/h1-6,9H,10H2. The van der Waals surface area contributed by atoms with E-state index in [1.807, 2.05) is 35.7 Å². The molecule has 0 spiro atoms. The smallest absolute Gasteiger partial charge is 0.0834 e. The second-order valence-corrected chi connectivity index (χ2v) is 4.87. The fourth-order valence-corrected chi connectivity index (χ4v) is 3.12. The summed E-state index contributed by atoms with van der Waals surface area (Å²) in [5.41, 5.74) is 7.77. The highest BCUT2D eigenvalue weighted by Gasteiger charge is 2.13. The molecule has 2 N–H and O–H groups in total. The summed E-state index contributed by atoms with van der Waals surface area (Å²) in [5, 5.41) is 4.26. The molecule has 1 aromatic rings. The zero-order valence-corrected chi connectivity index (χ0v) is 8.07. The Morgan fingerprint density at radius 2 is 1.58 bits per heavy atom. The third kappa shape index (κ3) is 1.62. The van der Waals surface area contributed by atoms with E-state index in [-0.39, 0.29) is 0 Å². The van der Waals surface area contributed by atoms with Crippen LogP contribution in [0.5, 0.6) is 0 Å². The molecule has 1 heterocycles. The van der Waals surface area contributed by atoms with Gasteiger partial charge in [-0.1, -0.05) is 12.1 Å². The minimum absolute atomic E-state index is 0.533. The van der Waals surface area contributed by atoms with Crippen molar-refractivity contribution in [2.45, 2.75) is 4.58 Å². The van der Waals surface area contributed by atoms with Crippen molar-refractivity contribution in [1.82, 2.24) is 0 Å². The summed E-state index contributed by atoms with van der Waals surface area (Å²) in [6.45, 7) is 0. The average molecular weight is 195 g/mol. The van der Waals surface area contributed by atoms with Crippen LogP contribution < -0.4 is 5.73 Å². The molecule has 0 atom stereocenters. The van der Waals surface area contributed by atoms with Crippen molar-refractivity contribution >= 4 is 29.2 Å². The minimum Gasteiger partial charge on any atom is -0.399 e. The van der Waals surface area contributed by atoms with Gasteiger partial charge < -0.3 is 5.73 Å². The van der Waals surface area contributed by atoms with Gasteiger partial charge in [0.2, 0.25) is 0 Å². The summed E-state index contributed by atoms with van der Waals surface area (Å²) in [6, 6.07) is 8.09. The van der Waals surface area contributed by atoms with Crippen molar-refractivity contribution in [3.63, 3.8) is 0 Å². The Labute approximate surface area is 80.4 Å². The van der Waals surface area contributed by atoms with E-state index in [4.69, 9.17) is 5.73 Å². The predicted octanol–water partition coefficient (Wildman–Crippen LogP) is 3.22. The van der Waals surface area contributed by atoms with Crippen LogP contribution in [0.15, 0.2) is 35.1 Å². The maximum absolute atomic E-state index is 5.60. The lowest BCUT2D eigenvalue weighted by Gasteiger charge is -2.07. The van der Waals surface area contributed by atoms with E-state index in [9.17, 15) is 0 Å². The Balaban J connectivity index is 2.18. The maximum atomic E-state index is 5.60. The first kappa shape index (κ1) is 8.08. The van der Waals surface area contributed by atoms with Gasteiger partial charge in [-0.25, -0.2) is 0 Å². The van der Waals surface area contributed by atoms with Crippen molar-refractivity contribution in [1.29, 1.82) is 0 Å². The second kappa shape index (κ2) is 3.46. The number of hydrogen-bond acceptors (Lipinski definition) is 3. The monoisotopic (exact) mass is 195 g/mol. The quantitative estimate of drug-likeness (QED) is 0.697. The number of thioether (sulfide) groups is 2. The fourth-order valence-electron chi connectivity index (χ4n) is 1.05. The lowest BCUT2D eigenvalue weighted by molar-refractivity contribution is 1.40. The number of nitrogens with two attached hydrogens (primary N) is 1. The normalized spacial score (nSPS) is 17.0. The Bertz CT molecular complexity index is 284. The van der Waals surface area contributed by atoms with Crippen LogP contribution >= 0.6 is 23.5 Å². The van der Waals surface area contributed by atoms with E-state index in [0.29, 0.717) is 4.58 Å². The fraction of sp³-hybridized carbons (Fsp3) is 0.111. The van der Waals surface area contributed by atoms with E-state index in [2.05, 4.69) is 22.9 Å². The summed E-state index contributed by atoms with van der Waals surface area (Å²) in [7, 11) is 0. The zero-order valence-electron chi connectivity index (χ0n) is 6.44. The van der Waals surface area contributed by atoms with E-state index in [1.54, 1.807) is 0 Å². The van der Waals surface area contributed by atoms with Gasteiger partial charge in [-0.3, -0.25) is 0 Å². The van der Waals surface area contributed by atoms with E-state index in [0.717, 1.165) is 5.69 Å². The summed E-state index contributed by atoms with van der Waals surface area (Å²) >= 11 is 3.69. The molecule has 1 aliphatic rings. The van der Waals surface area contributed by atoms with Gasteiger partial charge in [0.15, 0.2) is 0 Å². The lowest BCUT2D eigenvalue weighted by Crippen LogP contribution is -1.87. The number of nitrogen functional groups attached to an aromatic ring is 1. The van der Waals surface area contributed by atoms with Gasteiger partial charge in [-0.15, -0.1) is 23.5 Å². The van der Waals surface area contributed by atoms with Gasteiger partial charge in [0, 0.05) is 5.69 Å². The van der Waals surface area contributed by atoms with Crippen molar-refractivity contribution in [3.8, 4) is 0 Å². The molecule has 0 bridgehead atoms. The molecule has 2 rings (SSSR count). The average Bonchev–Trinajstić information content (AvgIpc) is 2.58. The first-order valence-corrected chi connectivity index (χ1v) is 5.56. The third-order valence-electron chi connectivity index (χ3n) is 1.67. The Kier molecular flexibility index (Phi) is 2.33. The van der Waals surface area contributed by atoms with Crippen LogP contribution in [0.3, 0.4) is 0 Å².